The van der Waals surface area contributed by atoms with E-state index in [4.69, 9.17) is 11.6 Å². The zero-order valence-corrected chi connectivity index (χ0v) is 16.0. The van der Waals surface area contributed by atoms with Crippen LogP contribution < -0.4 is 0 Å². The van der Waals surface area contributed by atoms with Crippen LogP contribution in [0.3, 0.4) is 0 Å². The maximum Gasteiger partial charge on any atom is 0.250 e. The van der Waals surface area contributed by atoms with Gasteiger partial charge in [0, 0.05) is 17.1 Å². The van der Waals surface area contributed by atoms with Gasteiger partial charge in [-0.15, -0.1) is 0 Å². The highest BCUT2D eigenvalue weighted by atomic mass is 35.5. The minimum atomic E-state index is -0.487. The molecule has 3 fully saturated rings. The van der Waals surface area contributed by atoms with Crippen LogP contribution in [0.2, 0.25) is 5.02 Å². The van der Waals surface area contributed by atoms with E-state index in [-0.39, 0.29) is 30.4 Å². The Bertz CT molecular complexity index is 663. The first-order chi connectivity index (χ1) is 12.6. The molecule has 1 saturated heterocycles. The highest BCUT2D eigenvalue weighted by Crippen LogP contribution is 2.37. The van der Waals surface area contributed by atoms with E-state index in [1.54, 1.807) is 0 Å². The maximum atomic E-state index is 13.5. The van der Waals surface area contributed by atoms with Crippen molar-refractivity contribution in [3.63, 3.8) is 0 Å². The second-order valence-electron chi connectivity index (χ2n) is 7.95. The smallest absolute Gasteiger partial charge is 0.250 e. The number of rotatable bonds is 3. The molecule has 1 atom stereocenters. The lowest BCUT2D eigenvalue weighted by atomic mass is 9.91. The third kappa shape index (κ3) is 3.36. The Hall–Kier alpha value is -1.55. The molecule has 2 saturated carbocycles. The standard InChI is InChI=1S/C21H27ClN2O2/c22-16-12-10-15(11-13-16)20-21(26)23(17-6-2-1-3-7-17)14-19(25)24(20)18-8-4-5-9-18/h10-13,17-18,20H,1-9,14H2. The second-order valence-corrected chi connectivity index (χ2v) is 8.39. The summed E-state index contributed by atoms with van der Waals surface area (Å²) < 4.78 is 0. The maximum absolute atomic E-state index is 13.5. The summed E-state index contributed by atoms with van der Waals surface area (Å²) in [5.74, 6) is 0.216. The summed E-state index contributed by atoms with van der Waals surface area (Å²) in [7, 11) is 0. The van der Waals surface area contributed by atoms with E-state index in [9.17, 15) is 9.59 Å². The van der Waals surface area contributed by atoms with Gasteiger partial charge in [0.15, 0.2) is 0 Å². The summed E-state index contributed by atoms with van der Waals surface area (Å²) in [6, 6.07) is 7.39. The molecule has 5 heteroatoms. The molecular formula is C21H27ClN2O2. The molecule has 1 aliphatic heterocycles. The van der Waals surface area contributed by atoms with Gasteiger partial charge in [-0.25, -0.2) is 0 Å². The van der Waals surface area contributed by atoms with Crippen LogP contribution in [-0.4, -0.2) is 40.2 Å². The van der Waals surface area contributed by atoms with Crippen LogP contribution in [0.4, 0.5) is 0 Å². The minimum Gasteiger partial charge on any atom is -0.328 e. The van der Waals surface area contributed by atoms with Gasteiger partial charge in [0.1, 0.15) is 12.6 Å². The molecular weight excluding hydrogens is 348 g/mol. The Morgan fingerprint density at radius 2 is 1.38 bits per heavy atom. The zero-order valence-electron chi connectivity index (χ0n) is 15.2. The molecule has 4 rings (SSSR count). The van der Waals surface area contributed by atoms with Gasteiger partial charge in [0.05, 0.1) is 0 Å². The molecule has 2 aliphatic carbocycles. The first-order valence-corrected chi connectivity index (χ1v) is 10.4. The second kappa shape index (κ2) is 7.59. The molecule has 0 bridgehead atoms. The van der Waals surface area contributed by atoms with Crippen molar-refractivity contribution in [2.45, 2.75) is 75.9 Å². The van der Waals surface area contributed by atoms with Crippen LogP contribution in [0, 0.1) is 0 Å². The van der Waals surface area contributed by atoms with Crippen LogP contribution in [0.5, 0.6) is 0 Å². The summed E-state index contributed by atoms with van der Waals surface area (Å²) in [5.41, 5.74) is 0.889. The van der Waals surface area contributed by atoms with Crippen molar-refractivity contribution in [1.82, 2.24) is 9.80 Å². The van der Waals surface area contributed by atoms with Gasteiger partial charge in [-0.05, 0) is 43.4 Å². The van der Waals surface area contributed by atoms with Crippen molar-refractivity contribution in [3.8, 4) is 0 Å². The Labute approximate surface area is 160 Å². The zero-order chi connectivity index (χ0) is 18.1. The molecule has 2 amide bonds. The SMILES string of the molecule is O=C1C(c2ccc(Cl)cc2)N(C2CCCC2)C(=O)CN1C1CCCCC1. The quantitative estimate of drug-likeness (QED) is 0.790. The lowest BCUT2D eigenvalue weighted by Crippen LogP contribution is -2.60. The number of nitrogens with zero attached hydrogens (tertiary/aromatic N) is 2. The third-order valence-electron chi connectivity index (χ3n) is 6.31. The molecule has 1 aromatic carbocycles. The number of carbonyl (C=O) groups is 2. The predicted octanol–water partition coefficient (Wildman–Crippen LogP) is 4.33. The fourth-order valence-electron chi connectivity index (χ4n) is 4.97. The van der Waals surface area contributed by atoms with Gasteiger partial charge in [0.2, 0.25) is 5.91 Å². The Morgan fingerprint density at radius 1 is 0.808 bits per heavy atom. The largest absolute Gasteiger partial charge is 0.328 e. The lowest BCUT2D eigenvalue weighted by Gasteiger charge is -2.46. The molecule has 3 aliphatic rings. The monoisotopic (exact) mass is 374 g/mol. The Morgan fingerprint density at radius 3 is 2.04 bits per heavy atom. The van der Waals surface area contributed by atoms with Crippen molar-refractivity contribution in [2.24, 2.45) is 0 Å². The molecule has 1 unspecified atom stereocenters. The molecule has 0 N–H and O–H groups in total. The number of halogens is 1. The molecule has 0 spiro atoms. The van der Waals surface area contributed by atoms with E-state index in [0.717, 1.165) is 56.9 Å². The Balaban J connectivity index is 1.67. The molecule has 0 radical (unpaired) electrons. The first kappa shape index (κ1) is 17.8. The lowest BCUT2D eigenvalue weighted by molar-refractivity contribution is -0.161. The van der Waals surface area contributed by atoms with Crippen molar-refractivity contribution in [3.05, 3.63) is 34.9 Å². The predicted molar refractivity (Wildman–Crippen MR) is 102 cm³/mol. The summed E-state index contributed by atoms with van der Waals surface area (Å²) in [5, 5.41) is 0.653. The average molecular weight is 375 g/mol. The molecule has 26 heavy (non-hydrogen) atoms. The van der Waals surface area contributed by atoms with Crippen LogP contribution >= 0.6 is 11.6 Å². The van der Waals surface area contributed by atoms with Crippen molar-refractivity contribution < 1.29 is 9.59 Å². The Kier molecular flexibility index (Phi) is 5.21. The summed E-state index contributed by atoms with van der Waals surface area (Å²) >= 11 is 6.05. The number of carbonyl (C=O) groups excluding carboxylic acids is 2. The molecule has 1 heterocycles. The van der Waals surface area contributed by atoms with E-state index in [2.05, 4.69) is 0 Å². The van der Waals surface area contributed by atoms with E-state index >= 15 is 0 Å². The summed E-state index contributed by atoms with van der Waals surface area (Å²) in [4.78, 5) is 30.4. The topological polar surface area (TPSA) is 40.6 Å². The van der Waals surface area contributed by atoms with Gasteiger partial charge >= 0.3 is 0 Å². The number of hydrogen-bond acceptors (Lipinski definition) is 2. The molecule has 0 aromatic heterocycles. The van der Waals surface area contributed by atoms with Gasteiger partial charge in [-0.3, -0.25) is 9.59 Å². The van der Waals surface area contributed by atoms with E-state index in [0.29, 0.717) is 5.02 Å². The van der Waals surface area contributed by atoms with Gasteiger partial charge in [0.25, 0.3) is 5.91 Å². The van der Waals surface area contributed by atoms with Gasteiger partial charge in [-0.1, -0.05) is 55.8 Å². The van der Waals surface area contributed by atoms with Crippen LogP contribution in [0.25, 0.3) is 0 Å². The van der Waals surface area contributed by atoms with Crippen molar-refractivity contribution in [1.29, 1.82) is 0 Å². The highest BCUT2D eigenvalue weighted by molar-refractivity contribution is 6.30. The van der Waals surface area contributed by atoms with Gasteiger partial charge < -0.3 is 9.80 Å². The highest BCUT2D eigenvalue weighted by Gasteiger charge is 2.45. The van der Waals surface area contributed by atoms with Crippen LogP contribution in [0.15, 0.2) is 24.3 Å². The van der Waals surface area contributed by atoms with Gasteiger partial charge in [-0.2, -0.15) is 0 Å². The van der Waals surface area contributed by atoms with E-state index in [1.165, 1.54) is 6.42 Å². The fourth-order valence-corrected chi connectivity index (χ4v) is 5.10. The third-order valence-corrected chi connectivity index (χ3v) is 6.56. The summed E-state index contributed by atoms with van der Waals surface area (Å²) in [6.45, 7) is 0.254. The normalized spacial score (nSPS) is 26.0. The van der Waals surface area contributed by atoms with Crippen molar-refractivity contribution in [2.75, 3.05) is 6.54 Å². The number of amides is 2. The first-order valence-electron chi connectivity index (χ1n) is 10.0. The van der Waals surface area contributed by atoms with Crippen LogP contribution in [-0.2, 0) is 9.59 Å². The van der Waals surface area contributed by atoms with E-state index in [1.807, 2.05) is 34.1 Å². The van der Waals surface area contributed by atoms with Crippen LogP contribution in [0.1, 0.15) is 69.4 Å². The molecule has 1 aromatic rings. The average Bonchev–Trinajstić information content (AvgIpc) is 3.19. The van der Waals surface area contributed by atoms with E-state index < -0.39 is 6.04 Å². The molecule has 4 nitrogen and oxygen atoms in total. The number of piperazine rings is 1. The summed E-state index contributed by atoms with van der Waals surface area (Å²) in [6.07, 6.45) is 9.89. The van der Waals surface area contributed by atoms with Crippen molar-refractivity contribution >= 4 is 23.4 Å². The molecule has 140 valence electrons. The number of hydrogen-bond donors (Lipinski definition) is 0. The number of benzene rings is 1. The fraction of sp³-hybridized carbons (Fsp3) is 0.619. The minimum absolute atomic E-state index is 0.103.